The van der Waals surface area contributed by atoms with Crippen LogP contribution in [0.3, 0.4) is 0 Å². The van der Waals surface area contributed by atoms with E-state index < -0.39 is 0 Å². The van der Waals surface area contributed by atoms with E-state index in [1.165, 1.54) is 0 Å². The lowest BCUT2D eigenvalue weighted by atomic mass is 10.0. The summed E-state index contributed by atoms with van der Waals surface area (Å²) in [6.45, 7) is 0.491. The van der Waals surface area contributed by atoms with E-state index in [2.05, 4.69) is 5.10 Å². The number of hydrogen-bond acceptors (Lipinski definition) is 3. The van der Waals surface area contributed by atoms with Gasteiger partial charge in [0, 0.05) is 25.6 Å². The fraction of sp³-hybridized carbons (Fsp3) is 0.238. The number of amides is 1. The van der Waals surface area contributed by atoms with Gasteiger partial charge in [0.2, 0.25) is 0 Å². The predicted molar refractivity (Wildman–Crippen MR) is 109 cm³/mol. The number of fused-ring (bicyclic) bond motifs is 1. The first-order valence-electron chi connectivity index (χ1n) is 8.89. The van der Waals surface area contributed by atoms with Crippen molar-refractivity contribution >= 4 is 29.1 Å². The average molecular weight is 416 g/mol. The van der Waals surface area contributed by atoms with Gasteiger partial charge in [-0.25, -0.2) is 0 Å². The highest BCUT2D eigenvalue weighted by Crippen LogP contribution is 2.39. The molecule has 1 atom stereocenters. The second-order valence-corrected chi connectivity index (χ2v) is 7.50. The van der Waals surface area contributed by atoms with Gasteiger partial charge in [0.1, 0.15) is 10.8 Å². The van der Waals surface area contributed by atoms with Crippen molar-refractivity contribution in [2.75, 3.05) is 7.11 Å². The Morgan fingerprint density at radius 2 is 1.82 bits per heavy atom. The second-order valence-electron chi connectivity index (χ2n) is 6.76. The number of nitrogens with zero attached hydrogens (tertiary/aromatic N) is 3. The van der Waals surface area contributed by atoms with E-state index in [4.69, 9.17) is 27.9 Å². The first-order valence-corrected chi connectivity index (χ1v) is 9.65. The lowest BCUT2D eigenvalue weighted by molar-refractivity contribution is 0.0708. The molecular formula is C21H19Cl2N3O2. The fourth-order valence-corrected chi connectivity index (χ4v) is 4.14. The molecule has 0 aliphatic carbocycles. The molecule has 1 aromatic heterocycles. The predicted octanol–water partition coefficient (Wildman–Crippen LogP) is 4.68. The van der Waals surface area contributed by atoms with E-state index >= 15 is 0 Å². The Balaban J connectivity index is 1.69. The Labute approximate surface area is 173 Å². The molecule has 1 amide bonds. The third-order valence-corrected chi connectivity index (χ3v) is 5.91. The van der Waals surface area contributed by atoms with Crippen molar-refractivity contribution in [2.24, 2.45) is 7.05 Å². The summed E-state index contributed by atoms with van der Waals surface area (Å²) in [6.07, 6.45) is 0.536. The van der Waals surface area contributed by atoms with Gasteiger partial charge < -0.3 is 9.64 Å². The van der Waals surface area contributed by atoms with Crippen molar-refractivity contribution in [3.63, 3.8) is 0 Å². The molecule has 2 aromatic carbocycles. The summed E-state index contributed by atoms with van der Waals surface area (Å²) in [6, 6.07) is 15.3. The molecule has 1 unspecified atom stereocenters. The Kier molecular flexibility index (Phi) is 5.04. The van der Waals surface area contributed by atoms with Crippen LogP contribution in [-0.2, 0) is 20.0 Å². The summed E-state index contributed by atoms with van der Waals surface area (Å²) in [4.78, 5) is 15.0. The van der Waals surface area contributed by atoms with Crippen LogP contribution in [0.25, 0.3) is 0 Å². The smallest absolute Gasteiger partial charge is 0.255 e. The van der Waals surface area contributed by atoms with Gasteiger partial charge in [0.15, 0.2) is 5.15 Å². The number of carbonyl (C=O) groups is 1. The molecule has 144 valence electrons. The highest BCUT2D eigenvalue weighted by atomic mass is 35.5. The number of carbonyl (C=O) groups excluding carboxylic acids is 1. The summed E-state index contributed by atoms with van der Waals surface area (Å²) in [5, 5.41) is 4.90. The highest BCUT2D eigenvalue weighted by molar-refractivity contribution is 6.41. The quantitative estimate of drug-likeness (QED) is 0.607. The Bertz CT molecular complexity index is 1030. The summed E-state index contributed by atoms with van der Waals surface area (Å²) in [5.74, 6) is 0.799. The van der Waals surface area contributed by atoms with Gasteiger partial charge in [-0.15, -0.1) is 0 Å². The molecular weight excluding hydrogens is 397 g/mol. The molecule has 5 nitrogen and oxygen atoms in total. The zero-order chi connectivity index (χ0) is 19.8. The minimum atomic E-state index is -0.144. The van der Waals surface area contributed by atoms with Crippen LogP contribution in [0.1, 0.15) is 33.2 Å². The molecule has 3 aromatic rings. The zero-order valence-corrected chi connectivity index (χ0v) is 17.0. The maximum atomic E-state index is 13.1. The number of rotatable bonds is 5. The first kappa shape index (κ1) is 18.8. The number of methoxy groups -OCH3 is 1. The molecule has 28 heavy (non-hydrogen) atoms. The van der Waals surface area contributed by atoms with Crippen molar-refractivity contribution in [1.29, 1.82) is 0 Å². The lowest BCUT2D eigenvalue weighted by Crippen LogP contribution is -2.29. The van der Waals surface area contributed by atoms with Gasteiger partial charge in [0.05, 0.1) is 18.8 Å². The standard InChI is InChI=1S/C21H19Cl2N3O2/c1-25-18(19(22)20(23)24-25)11-17-15-5-3-4-6-16(15)21(27)26(17)12-13-7-9-14(28-2)10-8-13/h3-10,17H,11-12H2,1-2H3. The third kappa shape index (κ3) is 3.25. The normalized spacial score (nSPS) is 15.8. The molecule has 0 fully saturated rings. The van der Waals surface area contributed by atoms with Crippen LogP contribution in [0.2, 0.25) is 10.2 Å². The van der Waals surface area contributed by atoms with Crippen LogP contribution in [-0.4, -0.2) is 27.7 Å². The molecule has 0 N–H and O–H groups in total. The van der Waals surface area contributed by atoms with Crippen molar-refractivity contribution in [3.05, 3.63) is 81.1 Å². The monoisotopic (exact) mass is 415 g/mol. The number of hydrogen-bond donors (Lipinski definition) is 0. The number of aromatic nitrogens is 2. The Morgan fingerprint density at radius 1 is 1.11 bits per heavy atom. The molecule has 0 saturated heterocycles. The van der Waals surface area contributed by atoms with Gasteiger partial charge in [-0.05, 0) is 29.3 Å². The van der Waals surface area contributed by atoms with Gasteiger partial charge in [0.25, 0.3) is 5.91 Å². The second kappa shape index (κ2) is 7.49. The van der Waals surface area contributed by atoms with E-state index in [1.54, 1.807) is 11.8 Å². The van der Waals surface area contributed by atoms with Crippen LogP contribution < -0.4 is 4.74 Å². The fourth-order valence-electron chi connectivity index (χ4n) is 3.68. The Morgan fingerprint density at radius 3 is 2.46 bits per heavy atom. The van der Waals surface area contributed by atoms with Gasteiger partial charge in [-0.2, -0.15) is 5.10 Å². The summed E-state index contributed by atoms with van der Waals surface area (Å²) in [5.41, 5.74) is 3.56. The molecule has 0 saturated carbocycles. The minimum absolute atomic E-state index is 0.0146. The third-order valence-electron chi connectivity index (χ3n) is 5.15. The van der Waals surface area contributed by atoms with Gasteiger partial charge >= 0.3 is 0 Å². The van der Waals surface area contributed by atoms with Crippen LogP contribution in [0.4, 0.5) is 0 Å². The molecule has 4 rings (SSSR count). The van der Waals surface area contributed by atoms with E-state index in [0.29, 0.717) is 18.0 Å². The molecule has 1 aliphatic rings. The van der Waals surface area contributed by atoms with E-state index in [9.17, 15) is 4.79 Å². The van der Waals surface area contributed by atoms with E-state index in [0.717, 1.165) is 28.1 Å². The molecule has 0 spiro atoms. The van der Waals surface area contributed by atoms with Crippen molar-refractivity contribution in [2.45, 2.75) is 19.0 Å². The SMILES string of the molecule is COc1ccc(CN2C(=O)c3ccccc3C2Cc2c(Cl)c(Cl)nn2C)cc1. The average Bonchev–Trinajstić information content (AvgIpc) is 3.11. The lowest BCUT2D eigenvalue weighted by Gasteiger charge is -2.26. The van der Waals surface area contributed by atoms with Crippen LogP contribution in [0.15, 0.2) is 48.5 Å². The molecule has 2 heterocycles. The molecule has 0 radical (unpaired) electrons. The van der Waals surface area contributed by atoms with E-state index in [-0.39, 0.29) is 17.1 Å². The number of halogens is 2. The molecule has 0 bridgehead atoms. The van der Waals surface area contributed by atoms with Crippen LogP contribution in [0.5, 0.6) is 5.75 Å². The largest absolute Gasteiger partial charge is 0.497 e. The minimum Gasteiger partial charge on any atom is -0.497 e. The maximum Gasteiger partial charge on any atom is 0.255 e. The summed E-state index contributed by atoms with van der Waals surface area (Å²) in [7, 11) is 3.44. The molecule has 1 aliphatic heterocycles. The van der Waals surface area contributed by atoms with Crippen molar-refractivity contribution in [1.82, 2.24) is 14.7 Å². The van der Waals surface area contributed by atoms with E-state index in [1.807, 2.05) is 60.5 Å². The zero-order valence-electron chi connectivity index (χ0n) is 15.5. The topological polar surface area (TPSA) is 47.4 Å². The number of ether oxygens (including phenoxy) is 1. The summed E-state index contributed by atoms with van der Waals surface area (Å²) < 4.78 is 6.90. The van der Waals surface area contributed by atoms with Crippen molar-refractivity contribution in [3.8, 4) is 5.75 Å². The number of aryl methyl sites for hydroxylation is 1. The Hall–Kier alpha value is -2.50. The van der Waals surface area contributed by atoms with Gasteiger partial charge in [-0.1, -0.05) is 53.5 Å². The number of benzene rings is 2. The molecule has 7 heteroatoms. The van der Waals surface area contributed by atoms with Crippen LogP contribution in [0, 0.1) is 0 Å². The maximum absolute atomic E-state index is 13.1. The summed E-state index contributed by atoms with van der Waals surface area (Å²) >= 11 is 12.5. The van der Waals surface area contributed by atoms with Crippen molar-refractivity contribution < 1.29 is 9.53 Å². The first-order chi connectivity index (χ1) is 13.5. The van der Waals surface area contributed by atoms with Crippen LogP contribution >= 0.6 is 23.2 Å². The highest BCUT2D eigenvalue weighted by Gasteiger charge is 2.37. The van der Waals surface area contributed by atoms with Gasteiger partial charge in [-0.3, -0.25) is 9.48 Å².